The van der Waals surface area contributed by atoms with Crippen LogP contribution in [0, 0.1) is 0 Å². The summed E-state index contributed by atoms with van der Waals surface area (Å²) in [6, 6.07) is 13.5. The number of carbonyl (C=O) groups excluding carboxylic acids is 1. The number of anilines is 1. The van der Waals surface area contributed by atoms with Crippen molar-refractivity contribution in [2.24, 2.45) is 0 Å². The Morgan fingerprint density at radius 1 is 1.25 bits per heavy atom. The van der Waals surface area contributed by atoms with Crippen molar-refractivity contribution in [3.8, 4) is 0 Å². The quantitative estimate of drug-likeness (QED) is 0.877. The molecule has 0 aliphatic carbocycles. The molecular formula is C16H19N3O. The lowest BCUT2D eigenvalue weighted by molar-refractivity contribution is 0.0930. The maximum Gasteiger partial charge on any atom is 0.270 e. The average Bonchev–Trinajstić information content (AvgIpc) is 2.53. The van der Waals surface area contributed by atoms with Gasteiger partial charge in [0.1, 0.15) is 5.69 Å². The highest BCUT2D eigenvalue weighted by Gasteiger charge is 2.14. The van der Waals surface area contributed by atoms with E-state index in [1.54, 1.807) is 12.3 Å². The number of hydrogen-bond acceptors (Lipinski definition) is 3. The fraction of sp³-hybridized carbons (Fsp3) is 0.250. The Hall–Kier alpha value is -2.36. The lowest BCUT2D eigenvalue weighted by Crippen LogP contribution is -2.28. The maximum atomic E-state index is 12.3. The van der Waals surface area contributed by atoms with Crippen LogP contribution in [0.4, 0.5) is 5.69 Å². The number of aromatic nitrogens is 1. The van der Waals surface area contributed by atoms with Gasteiger partial charge in [-0.25, -0.2) is 0 Å². The molecule has 0 radical (unpaired) electrons. The second kappa shape index (κ2) is 6.70. The van der Waals surface area contributed by atoms with Gasteiger partial charge in [-0.15, -0.1) is 0 Å². The molecule has 4 heteroatoms. The van der Waals surface area contributed by atoms with Crippen molar-refractivity contribution in [1.29, 1.82) is 0 Å². The normalized spacial score (nSPS) is 11.7. The Bertz CT molecular complexity index is 569. The molecule has 1 aromatic carbocycles. The lowest BCUT2D eigenvalue weighted by Gasteiger charge is -2.17. The first kappa shape index (κ1) is 14.1. The van der Waals surface area contributed by atoms with E-state index in [0.717, 1.165) is 17.7 Å². The summed E-state index contributed by atoms with van der Waals surface area (Å²) in [6.45, 7) is 2.05. The molecule has 20 heavy (non-hydrogen) atoms. The number of nitrogens with zero attached hydrogens (tertiary/aromatic N) is 1. The van der Waals surface area contributed by atoms with Gasteiger partial charge >= 0.3 is 0 Å². The Kier molecular flexibility index (Phi) is 4.71. The van der Waals surface area contributed by atoms with Crippen LogP contribution in [-0.2, 0) is 0 Å². The maximum absolute atomic E-state index is 12.3. The van der Waals surface area contributed by atoms with Gasteiger partial charge in [-0.3, -0.25) is 9.78 Å². The third kappa shape index (κ3) is 3.35. The molecule has 1 unspecified atom stereocenters. The van der Waals surface area contributed by atoms with Crippen molar-refractivity contribution in [2.75, 3.05) is 12.4 Å². The molecule has 0 fully saturated rings. The van der Waals surface area contributed by atoms with E-state index >= 15 is 0 Å². The number of pyridine rings is 1. The van der Waals surface area contributed by atoms with Gasteiger partial charge in [0.05, 0.1) is 6.04 Å². The van der Waals surface area contributed by atoms with E-state index in [9.17, 15) is 4.79 Å². The summed E-state index contributed by atoms with van der Waals surface area (Å²) >= 11 is 0. The first-order chi connectivity index (χ1) is 9.74. The number of carbonyl (C=O) groups is 1. The molecule has 1 aromatic heterocycles. The summed E-state index contributed by atoms with van der Waals surface area (Å²) in [6.07, 6.45) is 2.46. The molecule has 0 aliphatic heterocycles. The molecule has 2 aromatic rings. The van der Waals surface area contributed by atoms with Crippen LogP contribution in [0.3, 0.4) is 0 Å². The summed E-state index contributed by atoms with van der Waals surface area (Å²) in [5.74, 6) is -0.155. The second-order valence-corrected chi connectivity index (χ2v) is 4.52. The van der Waals surface area contributed by atoms with E-state index in [2.05, 4.69) is 22.5 Å². The fourth-order valence-corrected chi connectivity index (χ4v) is 2.05. The van der Waals surface area contributed by atoms with Crippen LogP contribution >= 0.6 is 0 Å². The van der Waals surface area contributed by atoms with Gasteiger partial charge in [0.15, 0.2) is 0 Å². The largest absolute Gasteiger partial charge is 0.388 e. The average molecular weight is 269 g/mol. The monoisotopic (exact) mass is 269 g/mol. The molecule has 1 heterocycles. The van der Waals surface area contributed by atoms with Gasteiger partial charge in [-0.05, 0) is 24.1 Å². The topological polar surface area (TPSA) is 54.0 Å². The van der Waals surface area contributed by atoms with Gasteiger partial charge < -0.3 is 10.6 Å². The van der Waals surface area contributed by atoms with E-state index < -0.39 is 0 Å². The van der Waals surface area contributed by atoms with Crippen LogP contribution < -0.4 is 10.6 Å². The molecule has 0 saturated heterocycles. The van der Waals surface area contributed by atoms with Gasteiger partial charge in [0, 0.05) is 18.9 Å². The number of rotatable bonds is 5. The van der Waals surface area contributed by atoms with Crippen LogP contribution in [0.5, 0.6) is 0 Å². The summed E-state index contributed by atoms with van der Waals surface area (Å²) < 4.78 is 0. The van der Waals surface area contributed by atoms with E-state index in [0.29, 0.717) is 5.69 Å². The number of hydrogen-bond donors (Lipinski definition) is 2. The molecule has 0 aliphatic rings. The molecule has 0 spiro atoms. The standard InChI is InChI=1S/C16H19N3O/c1-3-14(12-7-5-4-6-8-12)19-16(20)15-11-13(17-2)9-10-18-15/h4-11,14H,3H2,1-2H3,(H,17,18)(H,19,20). The highest BCUT2D eigenvalue weighted by molar-refractivity contribution is 5.93. The van der Waals surface area contributed by atoms with Crippen molar-refractivity contribution >= 4 is 11.6 Å². The Morgan fingerprint density at radius 2 is 2.00 bits per heavy atom. The van der Waals surface area contributed by atoms with Gasteiger partial charge in [0.2, 0.25) is 0 Å². The van der Waals surface area contributed by atoms with Crippen molar-refractivity contribution in [2.45, 2.75) is 19.4 Å². The molecule has 104 valence electrons. The summed E-state index contributed by atoms with van der Waals surface area (Å²) in [5.41, 5.74) is 2.40. The van der Waals surface area contributed by atoms with E-state index in [1.165, 1.54) is 0 Å². The first-order valence-electron chi connectivity index (χ1n) is 6.74. The number of benzene rings is 1. The van der Waals surface area contributed by atoms with Crippen LogP contribution in [0.15, 0.2) is 48.7 Å². The molecule has 2 rings (SSSR count). The zero-order valence-corrected chi connectivity index (χ0v) is 11.8. The summed E-state index contributed by atoms with van der Waals surface area (Å²) in [7, 11) is 1.82. The third-order valence-corrected chi connectivity index (χ3v) is 3.20. The van der Waals surface area contributed by atoms with Gasteiger partial charge in [-0.1, -0.05) is 37.3 Å². The zero-order chi connectivity index (χ0) is 14.4. The number of nitrogens with one attached hydrogen (secondary N) is 2. The SMILES string of the molecule is CCC(NC(=O)c1cc(NC)ccn1)c1ccccc1. The summed E-state index contributed by atoms with van der Waals surface area (Å²) in [5, 5.41) is 6.02. The van der Waals surface area contributed by atoms with Gasteiger partial charge in [0.25, 0.3) is 5.91 Å². The molecule has 0 bridgehead atoms. The van der Waals surface area contributed by atoms with Crippen molar-refractivity contribution in [1.82, 2.24) is 10.3 Å². The summed E-state index contributed by atoms with van der Waals surface area (Å²) in [4.78, 5) is 16.4. The van der Waals surface area contributed by atoms with E-state index in [4.69, 9.17) is 0 Å². The van der Waals surface area contributed by atoms with E-state index in [-0.39, 0.29) is 11.9 Å². The van der Waals surface area contributed by atoms with Crippen LogP contribution in [0.1, 0.15) is 35.4 Å². The van der Waals surface area contributed by atoms with Gasteiger partial charge in [-0.2, -0.15) is 0 Å². The van der Waals surface area contributed by atoms with Crippen molar-refractivity contribution in [3.63, 3.8) is 0 Å². The minimum atomic E-state index is -0.155. The van der Waals surface area contributed by atoms with E-state index in [1.807, 2.05) is 43.4 Å². The van der Waals surface area contributed by atoms with Crippen molar-refractivity contribution in [3.05, 3.63) is 59.9 Å². The highest BCUT2D eigenvalue weighted by Crippen LogP contribution is 2.17. The lowest BCUT2D eigenvalue weighted by atomic mass is 10.0. The molecule has 1 atom stereocenters. The number of amides is 1. The zero-order valence-electron chi connectivity index (χ0n) is 11.8. The highest BCUT2D eigenvalue weighted by atomic mass is 16.1. The third-order valence-electron chi connectivity index (χ3n) is 3.20. The minimum Gasteiger partial charge on any atom is -0.388 e. The first-order valence-corrected chi connectivity index (χ1v) is 6.74. The van der Waals surface area contributed by atoms with Crippen molar-refractivity contribution < 1.29 is 4.79 Å². The molecule has 0 saturated carbocycles. The Labute approximate surface area is 119 Å². The van der Waals surface area contributed by atoms with Crippen LogP contribution in [0.25, 0.3) is 0 Å². The van der Waals surface area contributed by atoms with Crippen LogP contribution in [-0.4, -0.2) is 17.9 Å². The second-order valence-electron chi connectivity index (χ2n) is 4.52. The fourth-order valence-electron chi connectivity index (χ4n) is 2.05. The predicted molar refractivity (Wildman–Crippen MR) is 80.7 cm³/mol. The predicted octanol–water partition coefficient (Wildman–Crippen LogP) is 3.00. The molecule has 1 amide bonds. The Balaban J connectivity index is 2.13. The van der Waals surface area contributed by atoms with Crippen LogP contribution in [0.2, 0.25) is 0 Å². The molecule has 2 N–H and O–H groups in total. The Morgan fingerprint density at radius 3 is 2.65 bits per heavy atom. The smallest absolute Gasteiger partial charge is 0.270 e. The molecular weight excluding hydrogens is 250 g/mol. The minimum absolute atomic E-state index is 0.00346. The molecule has 4 nitrogen and oxygen atoms in total.